The normalized spacial score (nSPS) is 16.6. The smallest absolute Gasteiger partial charge is 0.265 e. The van der Waals surface area contributed by atoms with E-state index in [4.69, 9.17) is 9.15 Å². The molecule has 1 aliphatic rings. The maximum absolute atomic E-state index is 11.9. The molecule has 23 heavy (non-hydrogen) atoms. The number of benzene rings is 1. The second kappa shape index (κ2) is 6.29. The van der Waals surface area contributed by atoms with Gasteiger partial charge in [0.15, 0.2) is 10.8 Å². The van der Waals surface area contributed by atoms with Gasteiger partial charge in [0.2, 0.25) is 5.91 Å². The van der Waals surface area contributed by atoms with E-state index in [-0.39, 0.29) is 11.8 Å². The number of halogens is 1. The number of nitrogens with one attached hydrogen (secondary N) is 2. The molecule has 0 saturated heterocycles. The van der Waals surface area contributed by atoms with Crippen LogP contribution in [-0.4, -0.2) is 17.9 Å². The Morgan fingerprint density at radius 2 is 2.17 bits per heavy atom. The molecule has 1 aliphatic heterocycles. The molecule has 0 saturated carbocycles. The van der Waals surface area contributed by atoms with Gasteiger partial charge in [0.05, 0.1) is 5.69 Å². The molecule has 0 radical (unpaired) electrons. The van der Waals surface area contributed by atoms with E-state index in [9.17, 15) is 9.59 Å². The van der Waals surface area contributed by atoms with Crippen LogP contribution < -0.4 is 15.4 Å². The molecular formula is C16H13BrN2O4. The van der Waals surface area contributed by atoms with Gasteiger partial charge in [0.1, 0.15) is 11.5 Å². The first kappa shape index (κ1) is 15.4. The molecule has 0 spiro atoms. The SMILES string of the molecule is CC1Oc2ccc(NC(=O)C=Cc3ccc(Br)o3)cc2NC1=O. The van der Waals surface area contributed by atoms with Crippen LogP contribution in [0.2, 0.25) is 0 Å². The van der Waals surface area contributed by atoms with Gasteiger partial charge in [-0.2, -0.15) is 0 Å². The molecule has 1 atom stereocenters. The van der Waals surface area contributed by atoms with Crippen LogP contribution >= 0.6 is 15.9 Å². The molecule has 2 N–H and O–H groups in total. The molecule has 6 nitrogen and oxygen atoms in total. The van der Waals surface area contributed by atoms with E-state index in [0.717, 1.165) is 0 Å². The summed E-state index contributed by atoms with van der Waals surface area (Å²) in [5.74, 6) is 0.608. The van der Waals surface area contributed by atoms with Gasteiger partial charge < -0.3 is 19.8 Å². The Hall–Kier alpha value is -2.54. The summed E-state index contributed by atoms with van der Waals surface area (Å²) in [6, 6.07) is 8.53. The number of ether oxygens (including phenoxy) is 1. The van der Waals surface area contributed by atoms with Gasteiger partial charge >= 0.3 is 0 Å². The largest absolute Gasteiger partial charge is 0.479 e. The standard InChI is InChI=1S/C16H13BrN2O4/c1-9-16(21)19-12-8-10(2-5-13(12)22-9)18-15(20)7-4-11-3-6-14(17)23-11/h2-9H,1H3,(H,18,20)(H,19,21). The van der Waals surface area contributed by atoms with E-state index in [1.165, 1.54) is 6.08 Å². The number of fused-ring (bicyclic) bond motifs is 1. The molecule has 3 rings (SSSR count). The van der Waals surface area contributed by atoms with Gasteiger partial charge in [0, 0.05) is 11.8 Å². The summed E-state index contributed by atoms with van der Waals surface area (Å²) in [6.07, 6.45) is 2.39. The van der Waals surface area contributed by atoms with Gasteiger partial charge in [-0.05, 0) is 59.3 Å². The van der Waals surface area contributed by atoms with E-state index < -0.39 is 6.10 Å². The van der Waals surface area contributed by atoms with Crippen LogP contribution in [0.1, 0.15) is 12.7 Å². The number of amides is 2. The third-order valence-electron chi connectivity index (χ3n) is 3.17. The highest BCUT2D eigenvalue weighted by Gasteiger charge is 2.23. The van der Waals surface area contributed by atoms with Crippen molar-refractivity contribution < 1.29 is 18.7 Å². The highest BCUT2D eigenvalue weighted by Crippen LogP contribution is 2.32. The number of hydrogen-bond acceptors (Lipinski definition) is 4. The van der Waals surface area contributed by atoms with Crippen molar-refractivity contribution in [3.05, 3.63) is 46.8 Å². The van der Waals surface area contributed by atoms with Gasteiger partial charge in [-0.25, -0.2) is 0 Å². The molecule has 0 aliphatic carbocycles. The predicted octanol–water partition coefficient (Wildman–Crippen LogP) is 3.41. The molecule has 1 aromatic carbocycles. The van der Waals surface area contributed by atoms with Crippen molar-refractivity contribution in [1.82, 2.24) is 0 Å². The molecule has 1 aromatic heterocycles. The molecule has 7 heteroatoms. The van der Waals surface area contributed by atoms with Crippen molar-refractivity contribution in [2.45, 2.75) is 13.0 Å². The molecule has 2 heterocycles. The van der Waals surface area contributed by atoms with E-state index in [2.05, 4.69) is 26.6 Å². The Kier molecular flexibility index (Phi) is 4.20. The van der Waals surface area contributed by atoms with Crippen molar-refractivity contribution in [3.8, 4) is 5.75 Å². The Bertz CT molecular complexity index is 797. The molecular weight excluding hydrogens is 364 g/mol. The summed E-state index contributed by atoms with van der Waals surface area (Å²) in [7, 11) is 0. The zero-order chi connectivity index (χ0) is 16.4. The summed E-state index contributed by atoms with van der Waals surface area (Å²) in [5.41, 5.74) is 1.09. The third kappa shape index (κ3) is 3.62. The molecule has 0 bridgehead atoms. The Morgan fingerprint density at radius 1 is 1.35 bits per heavy atom. The van der Waals surface area contributed by atoms with E-state index in [1.807, 2.05) is 0 Å². The number of hydrogen-bond donors (Lipinski definition) is 2. The number of anilines is 2. The van der Waals surface area contributed by atoms with Crippen molar-refractivity contribution in [1.29, 1.82) is 0 Å². The number of rotatable bonds is 3. The number of carbonyl (C=O) groups is 2. The quantitative estimate of drug-likeness (QED) is 0.804. The molecule has 118 valence electrons. The lowest BCUT2D eigenvalue weighted by molar-refractivity contribution is -0.122. The third-order valence-corrected chi connectivity index (χ3v) is 3.60. The van der Waals surface area contributed by atoms with Crippen molar-refractivity contribution in [2.75, 3.05) is 10.6 Å². The second-order valence-electron chi connectivity index (χ2n) is 4.92. The highest BCUT2D eigenvalue weighted by molar-refractivity contribution is 9.10. The summed E-state index contributed by atoms with van der Waals surface area (Å²) in [5, 5.41) is 5.44. The zero-order valence-electron chi connectivity index (χ0n) is 12.1. The minimum Gasteiger partial charge on any atom is -0.479 e. The molecule has 1 unspecified atom stereocenters. The zero-order valence-corrected chi connectivity index (χ0v) is 13.7. The first-order chi connectivity index (χ1) is 11.0. The van der Waals surface area contributed by atoms with E-state index in [1.54, 1.807) is 43.3 Å². The summed E-state index contributed by atoms with van der Waals surface area (Å²) >= 11 is 3.19. The van der Waals surface area contributed by atoms with Crippen LogP contribution in [0.25, 0.3) is 6.08 Å². The minimum atomic E-state index is -0.529. The second-order valence-corrected chi connectivity index (χ2v) is 5.71. The topological polar surface area (TPSA) is 80.6 Å². The average Bonchev–Trinajstić information content (AvgIpc) is 2.92. The van der Waals surface area contributed by atoms with Crippen molar-refractivity contribution in [3.63, 3.8) is 0 Å². The highest BCUT2D eigenvalue weighted by atomic mass is 79.9. The lowest BCUT2D eigenvalue weighted by Crippen LogP contribution is -2.34. The van der Waals surface area contributed by atoms with Gasteiger partial charge in [-0.3, -0.25) is 9.59 Å². The van der Waals surface area contributed by atoms with Crippen LogP contribution in [-0.2, 0) is 9.59 Å². The summed E-state index contributed by atoms with van der Waals surface area (Å²) < 4.78 is 11.3. The predicted molar refractivity (Wildman–Crippen MR) is 89.2 cm³/mol. The van der Waals surface area contributed by atoms with Gasteiger partial charge in [-0.1, -0.05) is 0 Å². The maximum Gasteiger partial charge on any atom is 0.265 e. The fraction of sp³-hybridized carbons (Fsp3) is 0.125. The molecule has 2 amide bonds. The van der Waals surface area contributed by atoms with Gasteiger partial charge in [-0.15, -0.1) is 0 Å². The minimum absolute atomic E-state index is 0.218. The fourth-order valence-electron chi connectivity index (χ4n) is 2.05. The van der Waals surface area contributed by atoms with Crippen LogP contribution in [0.3, 0.4) is 0 Å². The number of furan rings is 1. The van der Waals surface area contributed by atoms with Crippen molar-refractivity contribution >= 4 is 45.2 Å². The van der Waals surface area contributed by atoms with E-state index in [0.29, 0.717) is 27.6 Å². The lowest BCUT2D eigenvalue weighted by atomic mass is 10.2. The fourth-order valence-corrected chi connectivity index (χ4v) is 2.37. The average molecular weight is 377 g/mol. The lowest BCUT2D eigenvalue weighted by Gasteiger charge is -2.23. The van der Waals surface area contributed by atoms with Crippen LogP contribution in [0.4, 0.5) is 11.4 Å². The van der Waals surface area contributed by atoms with Gasteiger partial charge in [0.25, 0.3) is 5.91 Å². The van der Waals surface area contributed by atoms with Crippen LogP contribution in [0, 0.1) is 0 Å². The molecule has 0 fully saturated rings. The Morgan fingerprint density at radius 3 is 2.91 bits per heavy atom. The van der Waals surface area contributed by atoms with Crippen LogP contribution in [0.5, 0.6) is 5.75 Å². The summed E-state index contributed by atoms with van der Waals surface area (Å²) in [4.78, 5) is 23.5. The van der Waals surface area contributed by atoms with Crippen molar-refractivity contribution in [2.24, 2.45) is 0 Å². The first-order valence-electron chi connectivity index (χ1n) is 6.87. The van der Waals surface area contributed by atoms with E-state index >= 15 is 0 Å². The Balaban J connectivity index is 1.68. The Labute approximate surface area is 140 Å². The monoisotopic (exact) mass is 376 g/mol. The maximum atomic E-state index is 11.9. The summed E-state index contributed by atoms with van der Waals surface area (Å²) in [6.45, 7) is 1.67. The molecule has 2 aromatic rings. The first-order valence-corrected chi connectivity index (χ1v) is 7.66. The van der Waals surface area contributed by atoms with Crippen LogP contribution in [0.15, 0.2) is 45.5 Å². The number of carbonyl (C=O) groups excluding carboxylic acids is 2.